The normalized spacial score (nSPS) is 14.7. The van der Waals surface area contributed by atoms with Crippen LogP contribution >= 0.6 is 0 Å². The summed E-state index contributed by atoms with van der Waals surface area (Å²) in [6, 6.07) is 0. The molecule has 1 aliphatic heterocycles. The summed E-state index contributed by atoms with van der Waals surface area (Å²) in [7, 11) is 0. The molecule has 0 spiro atoms. The van der Waals surface area contributed by atoms with Gasteiger partial charge in [-0.3, -0.25) is 19.2 Å². The van der Waals surface area contributed by atoms with Gasteiger partial charge in [0.1, 0.15) is 13.2 Å². The molecular formula is C44H80O10. The minimum Gasteiger partial charge on any atom is -0.466 e. The van der Waals surface area contributed by atoms with Crippen molar-refractivity contribution in [1.82, 2.24) is 0 Å². The van der Waals surface area contributed by atoms with Crippen molar-refractivity contribution < 1.29 is 47.6 Å². The minimum absolute atomic E-state index is 0.0367. The highest BCUT2D eigenvalue weighted by molar-refractivity contribution is 5.70. The molecule has 10 nitrogen and oxygen atoms in total. The first-order chi connectivity index (χ1) is 26.1. The van der Waals surface area contributed by atoms with Crippen LogP contribution in [0.4, 0.5) is 0 Å². The van der Waals surface area contributed by atoms with Gasteiger partial charge in [-0.25, -0.2) is 0 Å². The number of rotatable bonds is 36. The summed E-state index contributed by atoms with van der Waals surface area (Å²) in [6.07, 6.45) is 27.0. The van der Waals surface area contributed by atoms with E-state index in [1.54, 1.807) is 0 Å². The van der Waals surface area contributed by atoms with Gasteiger partial charge in [-0.15, -0.1) is 0 Å². The first kappa shape index (κ1) is 49.8. The molecule has 1 heterocycles. The van der Waals surface area contributed by atoms with Gasteiger partial charge in [0, 0.05) is 25.7 Å². The predicted molar refractivity (Wildman–Crippen MR) is 213 cm³/mol. The van der Waals surface area contributed by atoms with E-state index < -0.39 is 11.2 Å². The van der Waals surface area contributed by atoms with Crippen LogP contribution < -0.4 is 0 Å². The largest absolute Gasteiger partial charge is 0.466 e. The molecule has 316 valence electrons. The van der Waals surface area contributed by atoms with E-state index in [1.165, 1.54) is 77.0 Å². The van der Waals surface area contributed by atoms with Gasteiger partial charge >= 0.3 is 23.9 Å². The standard InChI is InChI=1S/C44H80O10/c1-5-7-9-11-13-15-21-27-33-49-39(45)29-23-17-19-25-31-41(47)51-35-44(37-53-43(3,4)54-38-44)36-52-42(48)32-26-20-18-24-30-40(46)50-34-28-22-16-14-12-10-8-6-2/h5-38H2,1-4H3. The first-order valence-corrected chi connectivity index (χ1v) is 22.0. The molecule has 0 atom stereocenters. The van der Waals surface area contributed by atoms with E-state index in [-0.39, 0.29) is 63.1 Å². The summed E-state index contributed by atoms with van der Waals surface area (Å²) in [5.41, 5.74) is -0.773. The highest BCUT2D eigenvalue weighted by Gasteiger charge is 2.42. The third kappa shape index (κ3) is 29.1. The molecule has 54 heavy (non-hydrogen) atoms. The Bertz CT molecular complexity index is 891. The van der Waals surface area contributed by atoms with Crippen LogP contribution in [0, 0.1) is 5.41 Å². The van der Waals surface area contributed by atoms with Gasteiger partial charge in [0.15, 0.2) is 5.79 Å². The van der Waals surface area contributed by atoms with Crippen LogP contribution in [-0.2, 0) is 47.6 Å². The fourth-order valence-electron chi connectivity index (χ4n) is 6.33. The van der Waals surface area contributed by atoms with Gasteiger partial charge in [0.05, 0.1) is 31.8 Å². The lowest BCUT2D eigenvalue weighted by atomic mass is 9.91. The zero-order valence-electron chi connectivity index (χ0n) is 35.1. The summed E-state index contributed by atoms with van der Waals surface area (Å²) >= 11 is 0. The van der Waals surface area contributed by atoms with E-state index in [2.05, 4.69) is 13.8 Å². The van der Waals surface area contributed by atoms with Crippen molar-refractivity contribution in [1.29, 1.82) is 0 Å². The molecule has 0 unspecified atom stereocenters. The lowest BCUT2D eigenvalue weighted by Gasteiger charge is -2.42. The fraction of sp³-hybridized carbons (Fsp3) is 0.909. The summed E-state index contributed by atoms with van der Waals surface area (Å²) < 4.78 is 33.7. The third-order valence-electron chi connectivity index (χ3n) is 10.1. The molecule has 0 bridgehead atoms. The third-order valence-corrected chi connectivity index (χ3v) is 10.1. The molecule has 1 aliphatic rings. The van der Waals surface area contributed by atoms with Crippen LogP contribution in [0.15, 0.2) is 0 Å². The van der Waals surface area contributed by atoms with Crippen molar-refractivity contribution in [3.63, 3.8) is 0 Å². The molecule has 1 fully saturated rings. The molecule has 0 radical (unpaired) electrons. The number of ether oxygens (including phenoxy) is 6. The van der Waals surface area contributed by atoms with Gasteiger partial charge in [-0.05, 0) is 52.4 Å². The Morgan fingerprint density at radius 3 is 1.02 bits per heavy atom. The lowest BCUT2D eigenvalue weighted by Crippen LogP contribution is -2.51. The SMILES string of the molecule is CCCCCCCCCCOC(=O)CCCCCCC(=O)OCC1(COC(=O)CCCCCCC(=O)OCCCCCCCCCC)COC(C)(C)OC1. The van der Waals surface area contributed by atoms with Crippen molar-refractivity contribution in [2.45, 2.75) is 213 Å². The number of esters is 4. The number of unbranched alkanes of at least 4 members (excludes halogenated alkanes) is 20. The van der Waals surface area contributed by atoms with Crippen LogP contribution in [-0.4, -0.2) is 69.3 Å². The van der Waals surface area contributed by atoms with Crippen molar-refractivity contribution in [3.05, 3.63) is 0 Å². The van der Waals surface area contributed by atoms with Crippen LogP contribution in [0.3, 0.4) is 0 Å². The van der Waals surface area contributed by atoms with Crippen LogP contribution in [0.2, 0.25) is 0 Å². The highest BCUT2D eigenvalue weighted by atomic mass is 16.7. The molecule has 0 N–H and O–H groups in total. The second kappa shape index (κ2) is 33.0. The van der Waals surface area contributed by atoms with E-state index in [0.29, 0.717) is 38.9 Å². The predicted octanol–water partition coefficient (Wildman–Crippen LogP) is 10.9. The summed E-state index contributed by atoms with van der Waals surface area (Å²) in [4.78, 5) is 49.2. The van der Waals surface area contributed by atoms with Gasteiger partial charge in [0.25, 0.3) is 0 Å². The Labute approximate surface area is 329 Å². The van der Waals surface area contributed by atoms with E-state index in [4.69, 9.17) is 28.4 Å². The number of hydrogen-bond donors (Lipinski definition) is 0. The lowest BCUT2D eigenvalue weighted by molar-refractivity contribution is -0.296. The molecule has 0 aromatic carbocycles. The average Bonchev–Trinajstić information content (AvgIpc) is 3.15. The Morgan fingerprint density at radius 1 is 0.407 bits per heavy atom. The van der Waals surface area contributed by atoms with E-state index in [0.717, 1.165) is 64.2 Å². The second-order valence-corrected chi connectivity index (χ2v) is 16.0. The highest BCUT2D eigenvalue weighted by Crippen LogP contribution is 2.31. The monoisotopic (exact) mass is 769 g/mol. The van der Waals surface area contributed by atoms with Crippen molar-refractivity contribution in [3.8, 4) is 0 Å². The Morgan fingerprint density at radius 2 is 0.685 bits per heavy atom. The van der Waals surface area contributed by atoms with Crippen LogP contribution in [0.25, 0.3) is 0 Å². The first-order valence-electron chi connectivity index (χ1n) is 22.0. The zero-order chi connectivity index (χ0) is 39.6. The van der Waals surface area contributed by atoms with E-state index in [1.807, 2.05) is 13.8 Å². The zero-order valence-corrected chi connectivity index (χ0v) is 35.1. The number of hydrogen-bond acceptors (Lipinski definition) is 10. The Kier molecular flexibility index (Phi) is 30.4. The Hall–Kier alpha value is -2.20. The van der Waals surface area contributed by atoms with Crippen molar-refractivity contribution >= 4 is 23.9 Å². The molecule has 1 saturated heterocycles. The van der Waals surface area contributed by atoms with Crippen molar-refractivity contribution in [2.24, 2.45) is 5.41 Å². The summed E-state index contributed by atoms with van der Waals surface area (Å²) in [6.45, 7) is 9.67. The van der Waals surface area contributed by atoms with Gasteiger partial charge < -0.3 is 28.4 Å². The fourth-order valence-corrected chi connectivity index (χ4v) is 6.33. The van der Waals surface area contributed by atoms with Gasteiger partial charge in [0.2, 0.25) is 0 Å². The van der Waals surface area contributed by atoms with E-state index in [9.17, 15) is 19.2 Å². The molecule has 0 amide bonds. The van der Waals surface area contributed by atoms with Gasteiger partial charge in [-0.1, -0.05) is 129 Å². The Balaban J connectivity index is 2.15. The molecule has 0 saturated carbocycles. The second-order valence-electron chi connectivity index (χ2n) is 16.0. The molecule has 10 heteroatoms. The maximum absolute atomic E-state index is 12.6. The van der Waals surface area contributed by atoms with Crippen LogP contribution in [0.1, 0.15) is 207 Å². The minimum atomic E-state index is -0.773. The van der Waals surface area contributed by atoms with Gasteiger partial charge in [-0.2, -0.15) is 0 Å². The van der Waals surface area contributed by atoms with Crippen LogP contribution in [0.5, 0.6) is 0 Å². The molecule has 0 aliphatic carbocycles. The molecule has 1 rings (SSSR count). The average molecular weight is 769 g/mol. The smallest absolute Gasteiger partial charge is 0.305 e. The quantitative estimate of drug-likeness (QED) is 0.0345. The van der Waals surface area contributed by atoms with Crippen molar-refractivity contribution in [2.75, 3.05) is 39.6 Å². The topological polar surface area (TPSA) is 124 Å². The molecular weight excluding hydrogens is 688 g/mol. The molecule has 0 aromatic heterocycles. The maximum atomic E-state index is 12.6. The summed E-state index contributed by atoms with van der Waals surface area (Å²) in [5.74, 6) is -1.67. The summed E-state index contributed by atoms with van der Waals surface area (Å²) in [5, 5.41) is 0. The maximum Gasteiger partial charge on any atom is 0.305 e. The number of carbonyl (C=O) groups is 4. The number of carbonyl (C=O) groups excluding carboxylic acids is 4. The molecule has 0 aromatic rings. The van der Waals surface area contributed by atoms with E-state index >= 15 is 0 Å².